The number of para-hydroxylation sites is 2. The molecule has 7 heteroatoms. The summed E-state index contributed by atoms with van der Waals surface area (Å²) in [6.07, 6.45) is 3.13. The van der Waals surface area contributed by atoms with Gasteiger partial charge < -0.3 is 15.4 Å². The minimum Gasteiger partial charge on any atom is -0.507 e. The highest BCUT2D eigenvalue weighted by Crippen LogP contribution is 2.39. The normalized spacial score (nSPS) is 11.3. The van der Waals surface area contributed by atoms with Crippen molar-refractivity contribution in [1.82, 2.24) is 9.97 Å². The van der Waals surface area contributed by atoms with E-state index in [1.807, 2.05) is 31.2 Å². The van der Waals surface area contributed by atoms with Crippen molar-refractivity contribution in [2.45, 2.75) is 59.3 Å². The van der Waals surface area contributed by atoms with Gasteiger partial charge >= 0.3 is 6.03 Å². The van der Waals surface area contributed by atoms with Crippen LogP contribution in [0.4, 0.5) is 16.2 Å². The van der Waals surface area contributed by atoms with Crippen LogP contribution in [0, 0.1) is 0 Å². The number of nitrogens with zero attached hydrogens (tertiary/aromatic N) is 2. The molecule has 0 radical (unpaired) electrons. The average Bonchev–Trinajstić information content (AvgIpc) is 2.89. The number of phenolic OH excluding ortho intramolecular Hbond substituents is 1. The van der Waals surface area contributed by atoms with Gasteiger partial charge in [0.2, 0.25) is 0 Å². The number of aromatic amines is 1. The summed E-state index contributed by atoms with van der Waals surface area (Å²) in [4.78, 5) is 36.5. The molecule has 0 spiro atoms. The van der Waals surface area contributed by atoms with Crippen LogP contribution >= 0.6 is 0 Å². The predicted molar refractivity (Wildman–Crippen MR) is 155 cm³/mol. The summed E-state index contributed by atoms with van der Waals surface area (Å²) in [5.74, 6) is 0.410. The van der Waals surface area contributed by atoms with Crippen molar-refractivity contribution >= 4 is 28.4 Å². The van der Waals surface area contributed by atoms with Gasteiger partial charge in [-0.05, 0) is 47.6 Å². The van der Waals surface area contributed by atoms with Crippen LogP contribution in [0.2, 0.25) is 0 Å². The molecule has 0 bridgehead atoms. The highest BCUT2D eigenvalue weighted by molar-refractivity contribution is 6.09. The van der Waals surface area contributed by atoms with Crippen LogP contribution in [-0.4, -0.2) is 27.7 Å². The number of H-pyrrole nitrogens is 1. The summed E-state index contributed by atoms with van der Waals surface area (Å²) < 4.78 is 0. The van der Waals surface area contributed by atoms with Gasteiger partial charge in [0.05, 0.1) is 0 Å². The minimum absolute atomic E-state index is 0.0209. The molecule has 2 aromatic carbocycles. The molecule has 0 fully saturated rings. The zero-order valence-corrected chi connectivity index (χ0v) is 22.7. The molecule has 4 aromatic rings. The Labute approximate surface area is 223 Å². The lowest BCUT2D eigenvalue weighted by molar-refractivity contribution is 0.256. The first kappa shape index (κ1) is 26.9. The van der Waals surface area contributed by atoms with Crippen LogP contribution in [0.3, 0.4) is 0 Å². The first-order valence-electron chi connectivity index (χ1n) is 13.2. The van der Waals surface area contributed by atoms with E-state index in [2.05, 4.69) is 43.0 Å². The number of benzene rings is 2. The van der Waals surface area contributed by atoms with Crippen LogP contribution in [0.1, 0.15) is 70.4 Å². The molecular formula is C31H36N4O3. The van der Waals surface area contributed by atoms with Gasteiger partial charge in [-0.2, -0.15) is 0 Å². The molecule has 198 valence electrons. The molecule has 0 atom stereocenters. The summed E-state index contributed by atoms with van der Waals surface area (Å²) in [5, 5.41) is 14.6. The number of phenols is 1. The highest BCUT2D eigenvalue weighted by atomic mass is 16.3. The van der Waals surface area contributed by atoms with E-state index < -0.39 is 5.56 Å². The van der Waals surface area contributed by atoms with Gasteiger partial charge in [0.15, 0.2) is 0 Å². The van der Waals surface area contributed by atoms with E-state index in [4.69, 9.17) is 0 Å². The molecule has 0 aliphatic carbocycles. The first-order valence-corrected chi connectivity index (χ1v) is 13.2. The summed E-state index contributed by atoms with van der Waals surface area (Å²) in [6, 6.07) is 16.2. The van der Waals surface area contributed by atoms with Crippen molar-refractivity contribution in [3.63, 3.8) is 0 Å². The quantitative estimate of drug-likeness (QED) is 0.229. The average molecular weight is 513 g/mol. The number of fused-ring (bicyclic) bond motifs is 1. The first-order chi connectivity index (χ1) is 18.2. The van der Waals surface area contributed by atoms with Crippen molar-refractivity contribution in [3.05, 3.63) is 82.3 Å². The molecule has 0 saturated carbocycles. The second-order valence-corrected chi connectivity index (χ2v) is 10.2. The van der Waals surface area contributed by atoms with Gasteiger partial charge in [-0.3, -0.25) is 9.69 Å². The number of hydrogen-bond acceptors (Lipinski definition) is 4. The SMILES string of the molecule is CCCCN(C(=O)Nc1c(C(C)C)cccc1C(C)C)c1c(-c2ccccc2O)c2cccnc2[nH]c1=O. The van der Waals surface area contributed by atoms with Crippen molar-refractivity contribution in [3.8, 4) is 16.9 Å². The smallest absolute Gasteiger partial charge is 0.326 e. The topological polar surface area (TPSA) is 98.3 Å². The Morgan fingerprint density at radius 1 is 1.00 bits per heavy atom. The molecule has 2 amide bonds. The largest absolute Gasteiger partial charge is 0.507 e. The van der Waals surface area contributed by atoms with Crippen molar-refractivity contribution in [2.24, 2.45) is 0 Å². The fraction of sp³-hybridized carbons (Fsp3) is 0.323. The van der Waals surface area contributed by atoms with E-state index in [1.54, 1.807) is 36.5 Å². The van der Waals surface area contributed by atoms with Crippen LogP contribution in [0.5, 0.6) is 5.75 Å². The van der Waals surface area contributed by atoms with Crippen molar-refractivity contribution in [1.29, 1.82) is 0 Å². The van der Waals surface area contributed by atoms with Gasteiger partial charge in [-0.1, -0.05) is 77.4 Å². The monoisotopic (exact) mass is 512 g/mol. The Hall–Kier alpha value is -4.13. The molecule has 0 aliphatic heterocycles. The number of nitrogens with one attached hydrogen (secondary N) is 2. The molecule has 4 rings (SSSR count). The third kappa shape index (κ3) is 5.28. The fourth-order valence-corrected chi connectivity index (χ4v) is 4.83. The van der Waals surface area contributed by atoms with Crippen molar-refractivity contribution in [2.75, 3.05) is 16.8 Å². The second-order valence-electron chi connectivity index (χ2n) is 10.2. The van der Waals surface area contributed by atoms with Crippen molar-refractivity contribution < 1.29 is 9.90 Å². The number of pyridine rings is 2. The van der Waals surface area contributed by atoms with Gasteiger partial charge in [0, 0.05) is 34.9 Å². The fourth-order valence-electron chi connectivity index (χ4n) is 4.83. The Morgan fingerprint density at radius 3 is 2.32 bits per heavy atom. The van der Waals surface area contributed by atoms with E-state index in [-0.39, 0.29) is 29.3 Å². The maximum Gasteiger partial charge on any atom is 0.326 e. The number of aromatic nitrogens is 2. The van der Waals surface area contributed by atoms with E-state index in [1.165, 1.54) is 4.90 Å². The number of anilines is 2. The molecule has 2 aromatic heterocycles. The van der Waals surface area contributed by atoms with E-state index in [9.17, 15) is 14.7 Å². The lowest BCUT2D eigenvalue weighted by Gasteiger charge is -2.28. The number of rotatable bonds is 8. The number of aromatic hydroxyl groups is 1. The number of urea groups is 1. The predicted octanol–water partition coefficient (Wildman–Crippen LogP) is 7.38. The maximum atomic E-state index is 14.1. The van der Waals surface area contributed by atoms with E-state index in [0.717, 1.165) is 23.2 Å². The van der Waals surface area contributed by atoms with Crippen LogP contribution in [0.15, 0.2) is 65.6 Å². The summed E-state index contributed by atoms with van der Waals surface area (Å²) in [6.45, 7) is 10.8. The zero-order valence-electron chi connectivity index (χ0n) is 22.7. The summed E-state index contributed by atoms with van der Waals surface area (Å²) >= 11 is 0. The van der Waals surface area contributed by atoms with Crippen LogP contribution in [0.25, 0.3) is 22.2 Å². The molecule has 0 aliphatic rings. The Balaban J connectivity index is 1.95. The van der Waals surface area contributed by atoms with E-state index >= 15 is 0 Å². The molecule has 3 N–H and O–H groups in total. The zero-order chi connectivity index (χ0) is 27.4. The van der Waals surface area contributed by atoms with Crippen LogP contribution in [-0.2, 0) is 0 Å². The molecular weight excluding hydrogens is 476 g/mol. The number of carbonyl (C=O) groups is 1. The number of carbonyl (C=O) groups excluding carboxylic acids is 1. The Kier molecular flexibility index (Phi) is 8.15. The van der Waals surface area contributed by atoms with E-state index in [0.29, 0.717) is 35.1 Å². The molecule has 0 saturated heterocycles. The van der Waals surface area contributed by atoms with Gasteiger partial charge in [-0.25, -0.2) is 9.78 Å². The molecule has 38 heavy (non-hydrogen) atoms. The summed E-state index contributed by atoms with van der Waals surface area (Å²) in [5.41, 5.74) is 3.94. The second kappa shape index (κ2) is 11.5. The molecule has 2 heterocycles. The van der Waals surface area contributed by atoms with Gasteiger partial charge in [-0.15, -0.1) is 0 Å². The van der Waals surface area contributed by atoms with Crippen LogP contribution < -0.4 is 15.8 Å². The molecule has 7 nitrogen and oxygen atoms in total. The lowest BCUT2D eigenvalue weighted by Crippen LogP contribution is -2.40. The Morgan fingerprint density at radius 2 is 1.68 bits per heavy atom. The number of hydrogen-bond donors (Lipinski definition) is 3. The number of unbranched alkanes of at least 4 members (excludes halogenated alkanes) is 1. The third-order valence-electron chi connectivity index (χ3n) is 6.79. The standard InChI is InChI=1S/C31H36N4O3/c1-6-7-18-35(31(38)33-27-21(19(2)3)13-10-14-22(27)20(4)5)28-26(23-12-8-9-16-25(23)36)24-15-11-17-32-29(24)34-30(28)37/h8-17,19-20,36H,6-7,18H2,1-5H3,(H,33,38)(H,32,34,37). The van der Waals surface area contributed by atoms with Gasteiger partial charge in [0.25, 0.3) is 5.56 Å². The Bertz CT molecular complexity index is 1480. The molecule has 0 unspecified atom stereocenters. The summed E-state index contributed by atoms with van der Waals surface area (Å²) in [7, 11) is 0. The van der Waals surface area contributed by atoms with Gasteiger partial charge in [0.1, 0.15) is 17.1 Å². The number of amides is 2. The lowest BCUT2D eigenvalue weighted by atomic mass is 9.92. The highest BCUT2D eigenvalue weighted by Gasteiger charge is 2.27. The maximum absolute atomic E-state index is 14.1. The minimum atomic E-state index is -0.443. The third-order valence-corrected chi connectivity index (χ3v) is 6.79.